The third-order valence-electron chi connectivity index (χ3n) is 3.80. The fourth-order valence-electron chi connectivity index (χ4n) is 1.81. The van der Waals surface area contributed by atoms with E-state index in [1.807, 2.05) is 11.8 Å². The Morgan fingerprint density at radius 2 is 2.18 bits per heavy atom. The van der Waals surface area contributed by atoms with Crippen LogP contribution in [0.3, 0.4) is 0 Å². The van der Waals surface area contributed by atoms with Crippen molar-refractivity contribution in [2.75, 3.05) is 18.6 Å². The molecule has 1 aliphatic carbocycles. The van der Waals surface area contributed by atoms with Gasteiger partial charge in [0.1, 0.15) is 0 Å². The largest absolute Gasteiger partial charge is 0.469 e. The molecular formula is C13H25NO2S. The molecule has 2 unspecified atom stereocenters. The Balaban J connectivity index is 2.20. The first-order valence-corrected chi connectivity index (χ1v) is 7.58. The highest BCUT2D eigenvalue weighted by molar-refractivity contribution is 7.99. The monoisotopic (exact) mass is 259 g/mol. The quantitative estimate of drug-likeness (QED) is 0.680. The number of thioether (sulfide) groups is 1. The molecule has 17 heavy (non-hydrogen) atoms. The average molecular weight is 259 g/mol. The van der Waals surface area contributed by atoms with E-state index in [2.05, 4.69) is 13.8 Å². The van der Waals surface area contributed by atoms with Crippen LogP contribution in [0, 0.1) is 11.3 Å². The Morgan fingerprint density at radius 1 is 1.53 bits per heavy atom. The minimum absolute atomic E-state index is 0.0747. The summed E-state index contributed by atoms with van der Waals surface area (Å²) < 4.78 is 4.74. The van der Waals surface area contributed by atoms with E-state index in [-0.39, 0.29) is 17.4 Å². The van der Waals surface area contributed by atoms with Crippen molar-refractivity contribution in [2.24, 2.45) is 17.1 Å². The third-order valence-corrected chi connectivity index (χ3v) is 5.23. The molecule has 0 aliphatic heterocycles. The molecule has 100 valence electrons. The van der Waals surface area contributed by atoms with Gasteiger partial charge in [-0.25, -0.2) is 0 Å². The lowest BCUT2D eigenvalue weighted by Gasteiger charge is -2.19. The number of carbonyl (C=O) groups excluding carboxylic acids is 1. The van der Waals surface area contributed by atoms with Crippen LogP contribution in [0.25, 0.3) is 0 Å². The fourth-order valence-corrected chi connectivity index (χ4v) is 3.35. The van der Waals surface area contributed by atoms with Crippen LogP contribution >= 0.6 is 11.8 Å². The summed E-state index contributed by atoms with van der Waals surface area (Å²) in [5.74, 6) is 2.55. The van der Waals surface area contributed by atoms with E-state index in [1.54, 1.807) is 0 Å². The van der Waals surface area contributed by atoms with Crippen LogP contribution in [0.15, 0.2) is 0 Å². The highest BCUT2D eigenvalue weighted by Gasteiger charge is 2.44. The van der Waals surface area contributed by atoms with Gasteiger partial charge in [0.15, 0.2) is 0 Å². The second-order valence-electron chi connectivity index (χ2n) is 5.32. The van der Waals surface area contributed by atoms with E-state index in [1.165, 1.54) is 7.11 Å². The minimum atomic E-state index is -0.0747. The zero-order valence-electron chi connectivity index (χ0n) is 11.2. The second kappa shape index (κ2) is 6.64. The summed E-state index contributed by atoms with van der Waals surface area (Å²) in [6.07, 6.45) is 4.03. The van der Waals surface area contributed by atoms with E-state index in [4.69, 9.17) is 10.5 Å². The molecule has 2 N–H and O–H groups in total. The molecule has 0 bridgehead atoms. The SMILES string of the molecule is CCC(C)C(N)CSCC1(CC(=O)OC)CC1. The first-order chi connectivity index (χ1) is 8.03. The molecule has 0 radical (unpaired) electrons. The third kappa shape index (κ3) is 4.88. The summed E-state index contributed by atoms with van der Waals surface area (Å²) in [5, 5.41) is 0. The number of ether oxygens (including phenoxy) is 1. The van der Waals surface area contributed by atoms with Crippen molar-refractivity contribution in [3.05, 3.63) is 0 Å². The minimum Gasteiger partial charge on any atom is -0.469 e. The van der Waals surface area contributed by atoms with Gasteiger partial charge >= 0.3 is 5.97 Å². The molecule has 0 aromatic heterocycles. The molecule has 0 amide bonds. The van der Waals surface area contributed by atoms with Crippen molar-refractivity contribution in [3.8, 4) is 0 Å². The van der Waals surface area contributed by atoms with Gasteiger partial charge < -0.3 is 10.5 Å². The number of hydrogen-bond donors (Lipinski definition) is 1. The van der Waals surface area contributed by atoms with E-state index in [0.29, 0.717) is 12.3 Å². The van der Waals surface area contributed by atoms with Gasteiger partial charge in [0, 0.05) is 11.8 Å². The molecule has 1 saturated carbocycles. The molecule has 1 rings (SSSR count). The number of carbonyl (C=O) groups is 1. The van der Waals surface area contributed by atoms with Gasteiger partial charge in [0.05, 0.1) is 13.5 Å². The van der Waals surface area contributed by atoms with E-state index in [9.17, 15) is 4.79 Å². The second-order valence-corrected chi connectivity index (χ2v) is 6.35. The van der Waals surface area contributed by atoms with E-state index < -0.39 is 0 Å². The maximum atomic E-state index is 11.3. The smallest absolute Gasteiger partial charge is 0.306 e. The molecule has 3 nitrogen and oxygen atoms in total. The molecule has 0 saturated heterocycles. The van der Waals surface area contributed by atoms with E-state index in [0.717, 1.165) is 30.8 Å². The normalized spacial score (nSPS) is 20.7. The lowest BCUT2D eigenvalue weighted by molar-refractivity contribution is -0.141. The molecule has 0 aromatic rings. The van der Waals surface area contributed by atoms with Gasteiger partial charge in [-0.2, -0.15) is 11.8 Å². The lowest BCUT2D eigenvalue weighted by atomic mass is 10.0. The summed E-state index contributed by atoms with van der Waals surface area (Å²) in [7, 11) is 1.46. The Bertz CT molecular complexity index is 254. The Hall–Kier alpha value is -0.220. The highest BCUT2D eigenvalue weighted by Crippen LogP contribution is 2.51. The van der Waals surface area contributed by atoms with E-state index >= 15 is 0 Å². The number of esters is 1. The van der Waals surface area contributed by atoms with Crippen LogP contribution in [0.4, 0.5) is 0 Å². The average Bonchev–Trinajstić information content (AvgIpc) is 3.07. The first-order valence-electron chi connectivity index (χ1n) is 6.43. The van der Waals surface area contributed by atoms with Gasteiger partial charge in [-0.05, 0) is 29.9 Å². The molecule has 1 fully saturated rings. The van der Waals surface area contributed by atoms with Gasteiger partial charge in [-0.15, -0.1) is 0 Å². The first kappa shape index (κ1) is 14.8. The Labute approximate surface area is 109 Å². The number of nitrogens with two attached hydrogens (primary N) is 1. The van der Waals surface area contributed by atoms with Gasteiger partial charge in [0.25, 0.3) is 0 Å². The molecule has 1 aliphatic rings. The molecule has 0 aromatic carbocycles. The number of rotatable bonds is 8. The van der Waals surface area contributed by atoms with Crippen LogP contribution in [-0.4, -0.2) is 30.6 Å². The maximum Gasteiger partial charge on any atom is 0.306 e. The summed E-state index contributed by atoms with van der Waals surface area (Å²) >= 11 is 1.89. The van der Waals surface area contributed by atoms with Crippen molar-refractivity contribution < 1.29 is 9.53 Å². The molecule has 4 heteroatoms. The zero-order chi connectivity index (χ0) is 12.9. The van der Waals surface area contributed by atoms with Crippen LogP contribution in [0.2, 0.25) is 0 Å². The van der Waals surface area contributed by atoms with Crippen LogP contribution in [0.1, 0.15) is 39.5 Å². The standard InChI is InChI=1S/C13H25NO2S/c1-4-10(2)11(14)8-17-9-13(5-6-13)7-12(15)16-3/h10-11H,4-9,14H2,1-3H3. The highest BCUT2D eigenvalue weighted by atomic mass is 32.2. The summed E-state index contributed by atoms with van der Waals surface area (Å²) in [4.78, 5) is 11.3. The number of methoxy groups -OCH3 is 1. The summed E-state index contributed by atoms with van der Waals surface area (Å²) in [5.41, 5.74) is 6.32. The molecule has 0 spiro atoms. The van der Waals surface area contributed by atoms with Crippen molar-refractivity contribution in [3.63, 3.8) is 0 Å². The lowest BCUT2D eigenvalue weighted by Crippen LogP contribution is -2.30. The summed E-state index contributed by atoms with van der Waals surface area (Å²) in [6.45, 7) is 4.38. The molecule has 0 heterocycles. The van der Waals surface area contributed by atoms with Crippen LogP contribution in [-0.2, 0) is 9.53 Å². The number of hydrogen-bond acceptors (Lipinski definition) is 4. The fraction of sp³-hybridized carbons (Fsp3) is 0.923. The predicted molar refractivity (Wildman–Crippen MR) is 73.1 cm³/mol. The van der Waals surface area contributed by atoms with Gasteiger partial charge in [-0.3, -0.25) is 4.79 Å². The Morgan fingerprint density at radius 3 is 2.65 bits per heavy atom. The predicted octanol–water partition coefficient (Wildman–Crippen LogP) is 2.44. The molecular weight excluding hydrogens is 234 g/mol. The summed E-state index contributed by atoms with van der Waals surface area (Å²) in [6, 6.07) is 0.277. The van der Waals surface area contributed by atoms with Crippen molar-refractivity contribution >= 4 is 17.7 Å². The van der Waals surface area contributed by atoms with Crippen molar-refractivity contribution in [2.45, 2.75) is 45.6 Å². The Kier molecular flexibility index (Phi) is 5.80. The van der Waals surface area contributed by atoms with Crippen LogP contribution in [0.5, 0.6) is 0 Å². The van der Waals surface area contributed by atoms with Crippen LogP contribution < -0.4 is 5.73 Å². The van der Waals surface area contributed by atoms with Crippen molar-refractivity contribution in [1.29, 1.82) is 0 Å². The topological polar surface area (TPSA) is 52.3 Å². The van der Waals surface area contributed by atoms with Gasteiger partial charge in [0.2, 0.25) is 0 Å². The zero-order valence-corrected chi connectivity index (χ0v) is 12.0. The maximum absolute atomic E-state index is 11.3. The van der Waals surface area contributed by atoms with Crippen molar-refractivity contribution in [1.82, 2.24) is 0 Å². The van der Waals surface area contributed by atoms with Gasteiger partial charge in [-0.1, -0.05) is 20.3 Å². The molecule has 2 atom stereocenters.